The molecule has 3 nitrogen and oxygen atoms in total. The number of rotatable bonds is 4. The van der Waals surface area contributed by atoms with Gasteiger partial charge in [0.15, 0.2) is 0 Å². The number of carbonyl (C=O) groups is 1. The van der Waals surface area contributed by atoms with Crippen LogP contribution in [0.2, 0.25) is 0 Å². The monoisotopic (exact) mass is 258 g/mol. The van der Waals surface area contributed by atoms with E-state index in [1.165, 1.54) is 5.56 Å². The van der Waals surface area contributed by atoms with Crippen molar-refractivity contribution in [2.45, 2.75) is 19.4 Å². The number of hydrogen-bond donors (Lipinski definition) is 0. The van der Waals surface area contributed by atoms with Gasteiger partial charge in [0.1, 0.15) is 0 Å². The van der Waals surface area contributed by atoms with E-state index in [0.717, 1.165) is 26.2 Å². The molecule has 102 valence electrons. The number of carbonyl (C=O) groups excluding carboxylic acids is 1. The molecule has 1 aliphatic heterocycles. The van der Waals surface area contributed by atoms with E-state index in [1.54, 1.807) is 0 Å². The zero-order valence-corrected chi connectivity index (χ0v) is 11.6. The number of nitrogens with zero attached hydrogens (tertiary/aromatic N) is 2. The third-order valence-corrected chi connectivity index (χ3v) is 3.73. The maximum absolute atomic E-state index is 11.7. The van der Waals surface area contributed by atoms with Gasteiger partial charge in [-0.3, -0.25) is 9.69 Å². The van der Waals surface area contributed by atoms with Crippen LogP contribution in [0.25, 0.3) is 0 Å². The van der Waals surface area contributed by atoms with E-state index in [4.69, 9.17) is 0 Å². The summed E-state index contributed by atoms with van der Waals surface area (Å²) >= 11 is 0. The van der Waals surface area contributed by atoms with Crippen LogP contribution in [0.15, 0.2) is 43.0 Å². The van der Waals surface area contributed by atoms with Gasteiger partial charge in [0.2, 0.25) is 5.91 Å². The van der Waals surface area contributed by atoms with E-state index >= 15 is 0 Å². The van der Waals surface area contributed by atoms with Crippen molar-refractivity contribution >= 4 is 5.91 Å². The predicted octanol–water partition coefficient (Wildman–Crippen LogP) is 2.47. The predicted molar refractivity (Wildman–Crippen MR) is 77.8 cm³/mol. The number of hydrogen-bond acceptors (Lipinski definition) is 2. The Morgan fingerprint density at radius 1 is 1.26 bits per heavy atom. The molecular weight excluding hydrogens is 236 g/mol. The Balaban J connectivity index is 2.00. The Morgan fingerprint density at radius 3 is 2.42 bits per heavy atom. The summed E-state index contributed by atoms with van der Waals surface area (Å²) in [7, 11) is 0. The first kappa shape index (κ1) is 13.8. The van der Waals surface area contributed by atoms with E-state index < -0.39 is 0 Å². The maximum Gasteiger partial charge on any atom is 0.222 e. The summed E-state index contributed by atoms with van der Waals surface area (Å²) in [5.74, 6) is 0.259. The fraction of sp³-hybridized carbons (Fsp3) is 0.438. The molecule has 1 aromatic rings. The minimum absolute atomic E-state index is 0.250. The van der Waals surface area contributed by atoms with Crippen molar-refractivity contribution in [2.75, 3.05) is 26.2 Å². The number of benzene rings is 1. The van der Waals surface area contributed by atoms with Gasteiger partial charge in [-0.1, -0.05) is 43.3 Å². The Bertz CT molecular complexity index is 422. The van der Waals surface area contributed by atoms with Gasteiger partial charge in [0.25, 0.3) is 0 Å². The van der Waals surface area contributed by atoms with Gasteiger partial charge in [-0.2, -0.15) is 0 Å². The molecule has 2 rings (SSSR count). The second-order valence-corrected chi connectivity index (χ2v) is 4.86. The van der Waals surface area contributed by atoms with Crippen LogP contribution in [0.3, 0.4) is 0 Å². The highest BCUT2D eigenvalue weighted by Gasteiger charge is 2.24. The van der Waals surface area contributed by atoms with Crippen LogP contribution in [0.5, 0.6) is 0 Å². The molecule has 0 bridgehead atoms. The first-order valence-corrected chi connectivity index (χ1v) is 6.95. The zero-order chi connectivity index (χ0) is 13.7. The van der Waals surface area contributed by atoms with E-state index in [-0.39, 0.29) is 11.9 Å². The van der Waals surface area contributed by atoms with Crippen LogP contribution in [-0.4, -0.2) is 41.9 Å². The maximum atomic E-state index is 11.7. The molecule has 19 heavy (non-hydrogen) atoms. The Labute approximate surface area is 115 Å². The third kappa shape index (κ3) is 3.24. The van der Waals surface area contributed by atoms with Gasteiger partial charge in [0.05, 0.1) is 6.04 Å². The number of amides is 1. The van der Waals surface area contributed by atoms with Crippen molar-refractivity contribution in [3.63, 3.8) is 0 Å². The van der Waals surface area contributed by atoms with Gasteiger partial charge in [-0.15, -0.1) is 6.58 Å². The van der Waals surface area contributed by atoms with Crippen LogP contribution < -0.4 is 0 Å². The number of piperazine rings is 1. The van der Waals surface area contributed by atoms with Crippen molar-refractivity contribution in [3.8, 4) is 0 Å². The second kappa shape index (κ2) is 6.53. The van der Waals surface area contributed by atoms with E-state index in [9.17, 15) is 4.79 Å². The lowest BCUT2D eigenvalue weighted by molar-refractivity contribution is -0.132. The van der Waals surface area contributed by atoms with Crippen LogP contribution in [0, 0.1) is 0 Å². The summed E-state index contributed by atoms with van der Waals surface area (Å²) in [5, 5.41) is 0. The van der Waals surface area contributed by atoms with Crippen molar-refractivity contribution < 1.29 is 4.79 Å². The standard InChI is InChI=1S/C16H22N2O/c1-3-15(14-8-6-5-7-9-14)17-10-12-18(13-11-17)16(19)4-2/h3,5-9,15H,1,4,10-13H2,2H3. The molecule has 0 radical (unpaired) electrons. The van der Waals surface area contributed by atoms with Crippen molar-refractivity contribution in [1.29, 1.82) is 0 Å². The molecule has 1 heterocycles. The summed E-state index contributed by atoms with van der Waals surface area (Å²) in [4.78, 5) is 16.0. The minimum atomic E-state index is 0.250. The molecular formula is C16H22N2O. The quantitative estimate of drug-likeness (QED) is 0.775. The highest BCUT2D eigenvalue weighted by Crippen LogP contribution is 2.23. The molecule has 1 unspecified atom stereocenters. The second-order valence-electron chi connectivity index (χ2n) is 4.86. The summed E-state index contributed by atoms with van der Waals surface area (Å²) in [5.41, 5.74) is 1.27. The minimum Gasteiger partial charge on any atom is -0.340 e. The molecule has 0 aromatic heterocycles. The van der Waals surface area contributed by atoms with Crippen LogP contribution in [0.1, 0.15) is 24.9 Å². The topological polar surface area (TPSA) is 23.6 Å². The lowest BCUT2D eigenvalue weighted by Gasteiger charge is -2.38. The summed E-state index contributed by atoms with van der Waals surface area (Å²) < 4.78 is 0. The van der Waals surface area contributed by atoms with Crippen molar-refractivity contribution in [1.82, 2.24) is 9.80 Å². The van der Waals surface area contributed by atoms with Gasteiger partial charge in [-0.25, -0.2) is 0 Å². The first-order valence-electron chi connectivity index (χ1n) is 6.95. The van der Waals surface area contributed by atoms with Gasteiger partial charge >= 0.3 is 0 Å². The normalized spacial score (nSPS) is 18.1. The molecule has 0 aliphatic carbocycles. The third-order valence-electron chi connectivity index (χ3n) is 3.73. The summed E-state index contributed by atoms with van der Waals surface area (Å²) in [6.45, 7) is 9.36. The zero-order valence-electron chi connectivity index (χ0n) is 11.6. The van der Waals surface area contributed by atoms with Gasteiger partial charge in [-0.05, 0) is 5.56 Å². The average molecular weight is 258 g/mol. The summed E-state index contributed by atoms with van der Waals surface area (Å²) in [6.07, 6.45) is 2.59. The lowest BCUT2D eigenvalue weighted by Crippen LogP contribution is -2.49. The molecule has 1 aliphatic rings. The molecule has 1 atom stereocenters. The lowest BCUT2D eigenvalue weighted by atomic mass is 10.0. The largest absolute Gasteiger partial charge is 0.340 e. The van der Waals surface area contributed by atoms with E-state index in [2.05, 4.69) is 35.7 Å². The molecule has 1 aromatic carbocycles. The Morgan fingerprint density at radius 2 is 1.89 bits per heavy atom. The first-order chi connectivity index (χ1) is 9.26. The highest BCUT2D eigenvalue weighted by atomic mass is 16.2. The van der Waals surface area contributed by atoms with Gasteiger partial charge < -0.3 is 4.90 Å². The smallest absolute Gasteiger partial charge is 0.222 e. The van der Waals surface area contributed by atoms with Crippen LogP contribution in [0.4, 0.5) is 0 Å². The van der Waals surface area contributed by atoms with Crippen molar-refractivity contribution in [2.24, 2.45) is 0 Å². The molecule has 1 fully saturated rings. The van der Waals surface area contributed by atoms with E-state index in [0.29, 0.717) is 6.42 Å². The Hall–Kier alpha value is -1.61. The summed E-state index contributed by atoms with van der Waals surface area (Å²) in [6, 6.07) is 10.7. The molecule has 1 saturated heterocycles. The van der Waals surface area contributed by atoms with Crippen LogP contribution >= 0.6 is 0 Å². The molecule has 1 amide bonds. The molecule has 0 N–H and O–H groups in total. The van der Waals surface area contributed by atoms with Crippen molar-refractivity contribution in [3.05, 3.63) is 48.6 Å². The van der Waals surface area contributed by atoms with Crippen LogP contribution in [-0.2, 0) is 4.79 Å². The fourth-order valence-electron chi connectivity index (χ4n) is 2.62. The SMILES string of the molecule is C=CC(c1ccccc1)N1CCN(C(=O)CC)CC1. The molecule has 0 spiro atoms. The van der Waals surface area contributed by atoms with E-state index in [1.807, 2.05) is 24.0 Å². The molecule has 0 saturated carbocycles. The highest BCUT2D eigenvalue weighted by molar-refractivity contribution is 5.75. The molecule has 3 heteroatoms. The fourth-order valence-corrected chi connectivity index (χ4v) is 2.62. The van der Waals surface area contributed by atoms with Gasteiger partial charge in [0, 0.05) is 32.6 Å². The average Bonchev–Trinajstić information content (AvgIpc) is 2.49. The Kier molecular flexibility index (Phi) is 4.74.